The third-order valence-electron chi connectivity index (χ3n) is 4.87. The van der Waals surface area contributed by atoms with Crippen molar-refractivity contribution in [1.29, 1.82) is 0 Å². The van der Waals surface area contributed by atoms with Crippen LogP contribution in [0.15, 0.2) is 5.38 Å². The number of fused-ring (bicyclic) bond motifs is 1. The quantitative estimate of drug-likeness (QED) is 0.877. The lowest BCUT2D eigenvalue weighted by atomic mass is 9.88. The van der Waals surface area contributed by atoms with E-state index in [2.05, 4.69) is 12.2 Å². The van der Waals surface area contributed by atoms with Crippen LogP contribution < -0.4 is 5.32 Å². The highest BCUT2D eigenvalue weighted by molar-refractivity contribution is 7.10. The van der Waals surface area contributed by atoms with Crippen LogP contribution in [0.1, 0.15) is 53.4 Å². The predicted octanol–water partition coefficient (Wildman–Crippen LogP) is 2.77. The maximum absolute atomic E-state index is 12.4. The van der Waals surface area contributed by atoms with E-state index in [1.807, 2.05) is 5.38 Å². The third-order valence-corrected chi connectivity index (χ3v) is 5.92. The fourth-order valence-corrected chi connectivity index (χ4v) is 4.40. The molecule has 1 unspecified atom stereocenters. The van der Waals surface area contributed by atoms with Crippen LogP contribution in [-0.2, 0) is 12.8 Å². The van der Waals surface area contributed by atoms with Crippen molar-refractivity contribution in [1.82, 2.24) is 5.32 Å². The monoisotopic (exact) mass is 293 g/mol. The Kier molecular flexibility index (Phi) is 3.87. The number of hydrogen-bond donors (Lipinski definition) is 2. The Morgan fingerprint density at radius 2 is 2.35 bits per heavy atom. The van der Waals surface area contributed by atoms with Crippen LogP contribution in [0.4, 0.5) is 0 Å². The first-order valence-corrected chi connectivity index (χ1v) is 8.50. The zero-order valence-electron chi connectivity index (χ0n) is 12.1. The maximum Gasteiger partial charge on any atom is 0.252 e. The molecule has 4 heteroatoms. The van der Waals surface area contributed by atoms with Crippen molar-refractivity contribution >= 4 is 17.2 Å². The van der Waals surface area contributed by atoms with Crippen molar-refractivity contribution in [2.45, 2.75) is 45.4 Å². The van der Waals surface area contributed by atoms with Gasteiger partial charge in [0.05, 0.1) is 5.56 Å². The Morgan fingerprint density at radius 3 is 3.05 bits per heavy atom. The van der Waals surface area contributed by atoms with E-state index < -0.39 is 0 Å². The highest BCUT2D eigenvalue weighted by atomic mass is 32.1. The van der Waals surface area contributed by atoms with Crippen molar-refractivity contribution in [3.8, 4) is 0 Å². The molecule has 3 rings (SSSR count). The summed E-state index contributed by atoms with van der Waals surface area (Å²) in [7, 11) is 0. The average Bonchev–Trinajstić information content (AvgIpc) is 3.07. The van der Waals surface area contributed by atoms with E-state index in [0.29, 0.717) is 6.54 Å². The number of nitrogens with one attached hydrogen (secondary N) is 1. The SMILES string of the molecule is CC1CCc2c(C(=O)NCC3(CCO)CC3)csc2C1. The first-order chi connectivity index (χ1) is 9.63. The number of carbonyl (C=O) groups is 1. The molecular formula is C16H23NO2S. The van der Waals surface area contributed by atoms with Gasteiger partial charge in [-0.1, -0.05) is 6.92 Å². The molecule has 20 heavy (non-hydrogen) atoms. The minimum atomic E-state index is 0.0845. The molecule has 0 radical (unpaired) electrons. The van der Waals surface area contributed by atoms with Gasteiger partial charge in [0.25, 0.3) is 5.91 Å². The molecular weight excluding hydrogens is 270 g/mol. The molecule has 1 atom stereocenters. The van der Waals surface area contributed by atoms with Gasteiger partial charge in [-0.3, -0.25) is 4.79 Å². The summed E-state index contributed by atoms with van der Waals surface area (Å²) in [5, 5.41) is 14.2. The van der Waals surface area contributed by atoms with Crippen LogP contribution in [0.5, 0.6) is 0 Å². The van der Waals surface area contributed by atoms with E-state index >= 15 is 0 Å². The van der Waals surface area contributed by atoms with Crippen molar-refractivity contribution in [2.75, 3.05) is 13.2 Å². The minimum absolute atomic E-state index is 0.0845. The molecule has 2 N–H and O–H groups in total. The second-order valence-corrected chi connectivity index (χ2v) is 7.52. The van der Waals surface area contributed by atoms with Gasteiger partial charge in [0, 0.05) is 23.4 Å². The van der Waals surface area contributed by atoms with Crippen molar-refractivity contribution < 1.29 is 9.90 Å². The largest absolute Gasteiger partial charge is 0.396 e. The fraction of sp³-hybridized carbons (Fsp3) is 0.688. The summed E-state index contributed by atoms with van der Waals surface area (Å²) in [6.45, 7) is 3.23. The van der Waals surface area contributed by atoms with E-state index in [-0.39, 0.29) is 17.9 Å². The summed E-state index contributed by atoms with van der Waals surface area (Å²) in [6, 6.07) is 0. The van der Waals surface area contributed by atoms with Gasteiger partial charge in [0.1, 0.15) is 0 Å². The molecule has 1 fully saturated rings. The summed E-state index contributed by atoms with van der Waals surface area (Å²) in [4.78, 5) is 13.8. The summed E-state index contributed by atoms with van der Waals surface area (Å²) in [5.74, 6) is 0.831. The molecule has 1 saturated carbocycles. The van der Waals surface area contributed by atoms with Gasteiger partial charge in [-0.15, -0.1) is 11.3 Å². The van der Waals surface area contributed by atoms with Gasteiger partial charge in [-0.05, 0) is 55.4 Å². The number of amides is 1. The highest BCUT2D eigenvalue weighted by Crippen LogP contribution is 2.48. The number of rotatable bonds is 5. The van der Waals surface area contributed by atoms with Crippen LogP contribution in [0, 0.1) is 11.3 Å². The molecule has 1 heterocycles. The molecule has 0 spiro atoms. The lowest BCUT2D eigenvalue weighted by molar-refractivity contribution is 0.0940. The molecule has 2 aliphatic rings. The molecule has 0 bridgehead atoms. The number of aliphatic hydroxyl groups excluding tert-OH is 1. The van der Waals surface area contributed by atoms with Gasteiger partial charge >= 0.3 is 0 Å². The Balaban J connectivity index is 1.63. The Hall–Kier alpha value is -0.870. The molecule has 1 amide bonds. The first kappa shape index (κ1) is 14.1. The van der Waals surface area contributed by atoms with Gasteiger partial charge in [0.15, 0.2) is 0 Å². The second kappa shape index (κ2) is 5.49. The van der Waals surface area contributed by atoms with Crippen LogP contribution in [0.25, 0.3) is 0 Å². The van der Waals surface area contributed by atoms with E-state index in [9.17, 15) is 4.79 Å². The fourth-order valence-electron chi connectivity index (χ4n) is 3.16. The topological polar surface area (TPSA) is 49.3 Å². The molecule has 2 aliphatic carbocycles. The predicted molar refractivity (Wildman–Crippen MR) is 81.2 cm³/mol. The maximum atomic E-state index is 12.4. The van der Waals surface area contributed by atoms with E-state index in [0.717, 1.165) is 43.6 Å². The van der Waals surface area contributed by atoms with Crippen LogP contribution in [0.3, 0.4) is 0 Å². The summed E-state index contributed by atoms with van der Waals surface area (Å²) < 4.78 is 0. The second-order valence-electron chi connectivity index (χ2n) is 6.56. The van der Waals surface area contributed by atoms with E-state index in [1.165, 1.54) is 16.9 Å². The van der Waals surface area contributed by atoms with E-state index in [4.69, 9.17) is 5.11 Å². The minimum Gasteiger partial charge on any atom is -0.396 e. The van der Waals surface area contributed by atoms with E-state index in [1.54, 1.807) is 11.3 Å². The lowest BCUT2D eigenvalue weighted by Crippen LogP contribution is -2.31. The lowest BCUT2D eigenvalue weighted by Gasteiger charge is -2.19. The van der Waals surface area contributed by atoms with Gasteiger partial charge in [0.2, 0.25) is 0 Å². The standard InChI is InChI=1S/C16H23NO2S/c1-11-2-3-12-13(9-20-14(12)8-11)15(19)17-10-16(4-5-16)6-7-18/h9,11,18H,2-8,10H2,1H3,(H,17,19). The third kappa shape index (κ3) is 2.77. The number of thiophene rings is 1. The van der Waals surface area contributed by atoms with Crippen LogP contribution >= 0.6 is 11.3 Å². The van der Waals surface area contributed by atoms with Crippen LogP contribution in [0.2, 0.25) is 0 Å². The smallest absolute Gasteiger partial charge is 0.252 e. The zero-order valence-corrected chi connectivity index (χ0v) is 12.9. The van der Waals surface area contributed by atoms with Gasteiger partial charge < -0.3 is 10.4 Å². The van der Waals surface area contributed by atoms with Crippen LogP contribution in [-0.4, -0.2) is 24.2 Å². The summed E-state index contributed by atoms with van der Waals surface area (Å²) >= 11 is 1.74. The van der Waals surface area contributed by atoms with Crippen molar-refractivity contribution in [3.63, 3.8) is 0 Å². The Labute approximate surface area is 124 Å². The molecule has 1 aromatic rings. The molecule has 0 aliphatic heterocycles. The Bertz CT molecular complexity index is 505. The molecule has 110 valence electrons. The van der Waals surface area contributed by atoms with Gasteiger partial charge in [-0.25, -0.2) is 0 Å². The first-order valence-electron chi connectivity index (χ1n) is 7.62. The summed E-state index contributed by atoms with van der Waals surface area (Å²) in [6.07, 6.45) is 6.44. The number of hydrogen-bond acceptors (Lipinski definition) is 3. The van der Waals surface area contributed by atoms with Gasteiger partial charge in [-0.2, -0.15) is 0 Å². The molecule has 0 saturated heterocycles. The average molecular weight is 293 g/mol. The van der Waals surface area contributed by atoms with Crippen molar-refractivity contribution in [3.05, 3.63) is 21.4 Å². The van der Waals surface area contributed by atoms with Crippen molar-refractivity contribution in [2.24, 2.45) is 11.3 Å². The Morgan fingerprint density at radius 1 is 1.55 bits per heavy atom. The summed E-state index contributed by atoms with van der Waals surface area (Å²) in [5.41, 5.74) is 2.38. The number of aliphatic hydroxyl groups is 1. The molecule has 3 nitrogen and oxygen atoms in total. The zero-order chi connectivity index (χ0) is 14.2. The number of carbonyl (C=O) groups excluding carboxylic acids is 1. The highest BCUT2D eigenvalue weighted by Gasteiger charge is 2.42. The molecule has 0 aromatic carbocycles. The normalized spacial score (nSPS) is 23.2. The molecule has 1 aromatic heterocycles.